The maximum atomic E-state index is 3.63. The van der Waals surface area contributed by atoms with Crippen LogP contribution >= 0.6 is 0 Å². The van der Waals surface area contributed by atoms with Crippen molar-refractivity contribution in [2.75, 3.05) is 6.54 Å². The van der Waals surface area contributed by atoms with Crippen LogP contribution in [0.5, 0.6) is 0 Å². The summed E-state index contributed by atoms with van der Waals surface area (Å²) in [6.45, 7) is 10.1. The molecule has 0 spiro atoms. The first-order valence-electron chi connectivity index (χ1n) is 5.89. The highest BCUT2D eigenvalue weighted by Gasteiger charge is 2.14. The van der Waals surface area contributed by atoms with E-state index >= 15 is 0 Å². The fraction of sp³-hybridized carbons (Fsp3) is 0.571. The van der Waals surface area contributed by atoms with Gasteiger partial charge in [-0.15, -0.1) is 0 Å². The average molecular weight is 205 g/mol. The van der Waals surface area contributed by atoms with Crippen LogP contribution in [0.25, 0.3) is 0 Å². The zero-order valence-corrected chi connectivity index (χ0v) is 10.3. The van der Waals surface area contributed by atoms with Crippen LogP contribution in [0.15, 0.2) is 30.3 Å². The lowest BCUT2D eigenvalue weighted by Gasteiger charge is -2.24. The van der Waals surface area contributed by atoms with Crippen LogP contribution in [0.4, 0.5) is 0 Å². The van der Waals surface area contributed by atoms with Gasteiger partial charge in [-0.25, -0.2) is 0 Å². The summed E-state index contributed by atoms with van der Waals surface area (Å²) in [5, 5.41) is 3.63. The van der Waals surface area contributed by atoms with E-state index in [2.05, 4.69) is 63.3 Å². The molecule has 0 aliphatic rings. The van der Waals surface area contributed by atoms with Gasteiger partial charge in [-0.2, -0.15) is 0 Å². The Balaban J connectivity index is 2.66. The van der Waals surface area contributed by atoms with Gasteiger partial charge in [0.15, 0.2) is 0 Å². The topological polar surface area (TPSA) is 12.0 Å². The molecular weight excluding hydrogens is 182 g/mol. The van der Waals surface area contributed by atoms with E-state index in [-0.39, 0.29) is 0 Å². The second-order valence-corrected chi connectivity index (χ2v) is 4.93. The molecule has 0 bridgehead atoms. The lowest BCUT2D eigenvalue weighted by molar-refractivity contribution is 0.387. The highest BCUT2D eigenvalue weighted by molar-refractivity contribution is 5.19. The molecule has 0 amide bonds. The molecule has 1 rings (SSSR count). The van der Waals surface area contributed by atoms with Crippen molar-refractivity contribution in [3.63, 3.8) is 0 Å². The molecule has 1 aromatic carbocycles. The standard InChI is InChI=1S/C14H23N/c1-11(2)10-15-14(12(3)4)13-8-6-5-7-9-13/h5-9,11-12,14-15H,10H2,1-4H3/t14-/m1/s1. The summed E-state index contributed by atoms with van der Waals surface area (Å²) in [5.74, 6) is 1.33. The molecule has 0 saturated heterocycles. The summed E-state index contributed by atoms with van der Waals surface area (Å²) in [5.41, 5.74) is 1.40. The van der Waals surface area contributed by atoms with Crippen LogP contribution in [0, 0.1) is 11.8 Å². The minimum Gasteiger partial charge on any atom is -0.309 e. The van der Waals surface area contributed by atoms with Gasteiger partial charge in [-0.3, -0.25) is 0 Å². The predicted octanol–water partition coefficient (Wildman–Crippen LogP) is 3.63. The number of rotatable bonds is 5. The Bertz CT molecular complexity index is 264. The molecule has 0 aliphatic carbocycles. The third-order valence-electron chi connectivity index (χ3n) is 2.57. The zero-order chi connectivity index (χ0) is 11.3. The molecule has 1 atom stereocenters. The summed E-state index contributed by atoms with van der Waals surface area (Å²) in [7, 11) is 0. The van der Waals surface area contributed by atoms with Gasteiger partial charge >= 0.3 is 0 Å². The van der Waals surface area contributed by atoms with Crippen molar-refractivity contribution >= 4 is 0 Å². The monoisotopic (exact) mass is 205 g/mol. The van der Waals surface area contributed by atoms with Gasteiger partial charge in [0.05, 0.1) is 0 Å². The van der Waals surface area contributed by atoms with E-state index in [9.17, 15) is 0 Å². The molecule has 0 unspecified atom stereocenters. The predicted molar refractivity (Wildman–Crippen MR) is 66.9 cm³/mol. The molecule has 15 heavy (non-hydrogen) atoms. The Morgan fingerprint density at radius 2 is 1.60 bits per heavy atom. The number of hydrogen-bond donors (Lipinski definition) is 1. The first-order valence-corrected chi connectivity index (χ1v) is 5.89. The van der Waals surface area contributed by atoms with Crippen molar-refractivity contribution in [1.29, 1.82) is 0 Å². The van der Waals surface area contributed by atoms with Crippen LogP contribution in [-0.4, -0.2) is 6.54 Å². The lowest BCUT2D eigenvalue weighted by atomic mass is 9.95. The van der Waals surface area contributed by atoms with Crippen molar-refractivity contribution in [3.8, 4) is 0 Å². The Kier molecular flexibility index (Phi) is 4.83. The van der Waals surface area contributed by atoms with Gasteiger partial charge in [-0.05, 0) is 23.9 Å². The van der Waals surface area contributed by atoms with Crippen molar-refractivity contribution in [2.24, 2.45) is 11.8 Å². The highest BCUT2D eigenvalue weighted by atomic mass is 14.9. The normalized spacial score (nSPS) is 13.5. The van der Waals surface area contributed by atoms with Crippen LogP contribution in [0.1, 0.15) is 39.3 Å². The Morgan fingerprint density at radius 3 is 2.07 bits per heavy atom. The maximum Gasteiger partial charge on any atom is 0.0343 e. The smallest absolute Gasteiger partial charge is 0.0343 e. The van der Waals surface area contributed by atoms with E-state index in [0.717, 1.165) is 6.54 Å². The second kappa shape index (κ2) is 5.92. The SMILES string of the molecule is CC(C)CN[C@@H](c1ccccc1)C(C)C. The zero-order valence-electron chi connectivity index (χ0n) is 10.3. The quantitative estimate of drug-likeness (QED) is 0.774. The molecule has 1 N–H and O–H groups in total. The van der Waals surface area contributed by atoms with Gasteiger partial charge in [-0.1, -0.05) is 58.0 Å². The maximum absolute atomic E-state index is 3.63. The van der Waals surface area contributed by atoms with Crippen molar-refractivity contribution < 1.29 is 0 Å². The van der Waals surface area contributed by atoms with E-state index in [1.807, 2.05) is 0 Å². The third kappa shape index (κ3) is 4.05. The minimum atomic E-state index is 0.480. The molecule has 0 saturated carbocycles. The summed E-state index contributed by atoms with van der Waals surface area (Å²) in [6, 6.07) is 11.2. The molecule has 0 aliphatic heterocycles. The summed E-state index contributed by atoms with van der Waals surface area (Å²) in [6.07, 6.45) is 0. The van der Waals surface area contributed by atoms with Gasteiger partial charge in [0.25, 0.3) is 0 Å². The number of hydrogen-bond acceptors (Lipinski definition) is 1. The van der Waals surface area contributed by atoms with Crippen LogP contribution in [-0.2, 0) is 0 Å². The first-order chi connectivity index (χ1) is 7.11. The minimum absolute atomic E-state index is 0.480. The van der Waals surface area contributed by atoms with Gasteiger partial charge in [0.2, 0.25) is 0 Å². The van der Waals surface area contributed by atoms with E-state index < -0.39 is 0 Å². The van der Waals surface area contributed by atoms with Crippen LogP contribution < -0.4 is 5.32 Å². The van der Waals surface area contributed by atoms with Crippen molar-refractivity contribution in [3.05, 3.63) is 35.9 Å². The molecule has 0 radical (unpaired) electrons. The Morgan fingerprint density at radius 1 is 1.00 bits per heavy atom. The molecule has 1 aromatic rings. The molecule has 0 fully saturated rings. The van der Waals surface area contributed by atoms with E-state index in [1.165, 1.54) is 5.56 Å². The van der Waals surface area contributed by atoms with E-state index in [4.69, 9.17) is 0 Å². The second-order valence-electron chi connectivity index (χ2n) is 4.93. The van der Waals surface area contributed by atoms with Gasteiger partial charge in [0, 0.05) is 6.04 Å². The molecule has 1 heteroatoms. The largest absolute Gasteiger partial charge is 0.309 e. The number of nitrogens with one attached hydrogen (secondary N) is 1. The summed E-state index contributed by atoms with van der Waals surface area (Å²) < 4.78 is 0. The molecule has 0 heterocycles. The first kappa shape index (κ1) is 12.3. The van der Waals surface area contributed by atoms with Crippen LogP contribution in [0.2, 0.25) is 0 Å². The molecule has 0 aromatic heterocycles. The van der Waals surface area contributed by atoms with E-state index in [0.29, 0.717) is 17.9 Å². The Hall–Kier alpha value is -0.820. The fourth-order valence-corrected chi connectivity index (χ4v) is 1.76. The molecule has 1 nitrogen and oxygen atoms in total. The molecule has 84 valence electrons. The van der Waals surface area contributed by atoms with Crippen LogP contribution in [0.3, 0.4) is 0 Å². The van der Waals surface area contributed by atoms with Crippen molar-refractivity contribution in [2.45, 2.75) is 33.7 Å². The Labute approximate surface area is 93.9 Å². The van der Waals surface area contributed by atoms with Gasteiger partial charge < -0.3 is 5.32 Å². The van der Waals surface area contributed by atoms with Gasteiger partial charge in [0.1, 0.15) is 0 Å². The highest BCUT2D eigenvalue weighted by Crippen LogP contribution is 2.21. The average Bonchev–Trinajstić information content (AvgIpc) is 2.18. The molecular formula is C14H23N. The number of benzene rings is 1. The van der Waals surface area contributed by atoms with Crippen molar-refractivity contribution in [1.82, 2.24) is 5.32 Å². The fourth-order valence-electron chi connectivity index (χ4n) is 1.76. The third-order valence-corrected chi connectivity index (χ3v) is 2.57. The lowest BCUT2D eigenvalue weighted by Crippen LogP contribution is -2.28. The summed E-state index contributed by atoms with van der Waals surface area (Å²) in [4.78, 5) is 0. The van der Waals surface area contributed by atoms with E-state index in [1.54, 1.807) is 0 Å². The summed E-state index contributed by atoms with van der Waals surface area (Å²) >= 11 is 0.